The zero-order valence-corrected chi connectivity index (χ0v) is 17.6. The highest BCUT2D eigenvalue weighted by Crippen LogP contribution is 2.59. The van der Waals surface area contributed by atoms with E-state index in [1.165, 1.54) is 13.0 Å². The molecule has 4 nitrogen and oxygen atoms in total. The second-order valence-electron chi connectivity index (χ2n) is 6.98. The van der Waals surface area contributed by atoms with Crippen LogP contribution in [0.4, 0.5) is 22.0 Å². The van der Waals surface area contributed by atoms with Gasteiger partial charge in [0.2, 0.25) is 5.82 Å². The van der Waals surface area contributed by atoms with Crippen LogP contribution in [0.3, 0.4) is 0 Å². The van der Waals surface area contributed by atoms with Gasteiger partial charge in [-0.2, -0.15) is 17.6 Å². The predicted molar refractivity (Wildman–Crippen MR) is 99.1 cm³/mol. The first kappa shape index (κ1) is 21.3. The minimum atomic E-state index is -4.68. The molecule has 154 valence electrons. The maximum atomic E-state index is 14.3. The van der Waals surface area contributed by atoms with Gasteiger partial charge in [-0.25, -0.2) is 9.37 Å². The molecule has 28 heavy (non-hydrogen) atoms. The molecule has 0 saturated carbocycles. The number of halogens is 6. The molecular formula is C18H18F5IN2O2. The third-order valence-electron chi connectivity index (χ3n) is 5.43. The molecule has 1 saturated heterocycles. The highest BCUT2D eigenvalue weighted by atomic mass is 127. The van der Waals surface area contributed by atoms with E-state index in [1.54, 1.807) is 6.92 Å². The summed E-state index contributed by atoms with van der Waals surface area (Å²) in [7, 11) is 1.14. The number of imidazole rings is 1. The lowest BCUT2D eigenvalue weighted by molar-refractivity contribution is -0.275. The first-order valence-corrected chi connectivity index (χ1v) is 9.48. The average molecular weight is 516 g/mol. The number of aryl methyl sites for hydroxylation is 1. The Hall–Kier alpha value is -1.43. The minimum Gasteiger partial charge on any atom is -0.493 e. The molecule has 10 heteroatoms. The number of nitrogens with zero attached hydrogens (tertiary/aromatic N) is 1. The van der Waals surface area contributed by atoms with Crippen molar-refractivity contribution in [3.63, 3.8) is 0 Å². The molecule has 0 aliphatic carbocycles. The quantitative estimate of drug-likeness (QED) is 0.438. The lowest BCUT2D eigenvalue weighted by atomic mass is 9.77. The number of alkyl halides is 3. The van der Waals surface area contributed by atoms with Crippen LogP contribution in [0.25, 0.3) is 0 Å². The SMILES string of the molecule is COc1c([C@H]2[C@H](c3nc(I)c(C)[nH]3)O[C@@](C)(C(F)(F)F)[C@H]2C)ccc(F)c1F. The van der Waals surface area contributed by atoms with E-state index in [4.69, 9.17) is 9.47 Å². The van der Waals surface area contributed by atoms with E-state index in [2.05, 4.69) is 9.97 Å². The van der Waals surface area contributed by atoms with Crippen molar-refractivity contribution in [1.29, 1.82) is 0 Å². The summed E-state index contributed by atoms with van der Waals surface area (Å²) >= 11 is 1.95. The van der Waals surface area contributed by atoms with Gasteiger partial charge in [0.1, 0.15) is 15.6 Å². The van der Waals surface area contributed by atoms with Crippen molar-refractivity contribution in [3.8, 4) is 5.75 Å². The Morgan fingerprint density at radius 3 is 2.43 bits per heavy atom. The number of ether oxygens (including phenoxy) is 2. The lowest BCUT2D eigenvalue weighted by Crippen LogP contribution is -2.46. The van der Waals surface area contributed by atoms with Crippen LogP contribution < -0.4 is 4.74 Å². The van der Waals surface area contributed by atoms with Crippen LogP contribution in [-0.4, -0.2) is 28.9 Å². The molecule has 1 N–H and O–H groups in total. The zero-order valence-electron chi connectivity index (χ0n) is 15.4. The number of hydrogen-bond donors (Lipinski definition) is 1. The molecule has 0 spiro atoms. The fourth-order valence-electron chi connectivity index (χ4n) is 3.65. The van der Waals surface area contributed by atoms with Gasteiger partial charge in [-0.05, 0) is 42.5 Å². The standard InChI is InChI=1S/C18H18F5IN2O2/c1-7-11(9-5-6-10(19)12(20)13(9)27-4)14(16-25-8(2)15(24)26-16)28-17(7,3)18(21,22)23/h5-7,11,14H,1-4H3,(H,25,26)/t7-,11-,14+,17+/m0/s1. The van der Waals surface area contributed by atoms with Crippen LogP contribution in [0, 0.1) is 28.2 Å². The number of benzene rings is 1. The van der Waals surface area contributed by atoms with Gasteiger partial charge in [0.05, 0.1) is 7.11 Å². The number of aromatic amines is 1. The van der Waals surface area contributed by atoms with Crippen LogP contribution in [0.1, 0.15) is 43.0 Å². The summed E-state index contributed by atoms with van der Waals surface area (Å²) in [6.07, 6.45) is -5.83. The summed E-state index contributed by atoms with van der Waals surface area (Å²) in [6, 6.07) is 2.11. The number of hydrogen-bond acceptors (Lipinski definition) is 3. The highest BCUT2D eigenvalue weighted by Gasteiger charge is 2.65. The molecule has 1 aliphatic rings. The summed E-state index contributed by atoms with van der Waals surface area (Å²) in [5.74, 6) is -4.74. The van der Waals surface area contributed by atoms with Gasteiger partial charge in [-0.1, -0.05) is 13.0 Å². The molecule has 3 rings (SSSR count). The van der Waals surface area contributed by atoms with Crippen molar-refractivity contribution in [3.05, 3.63) is 44.5 Å². The summed E-state index contributed by atoms with van der Waals surface area (Å²) < 4.78 is 80.6. The number of rotatable bonds is 3. The number of aromatic nitrogens is 2. The van der Waals surface area contributed by atoms with Gasteiger partial charge >= 0.3 is 6.18 Å². The van der Waals surface area contributed by atoms with E-state index in [1.807, 2.05) is 22.6 Å². The minimum absolute atomic E-state index is 0.0935. The molecular weight excluding hydrogens is 498 g/mol. The molecule has 4 atom stereocenters. The predicted octanol–water partition coefficient (Wildman–Crippen LogP) is 5.42. The van der Waals surface area contributed by atoms with Crippen molar-refractivity contribution in [1.82, 2.24) is 9.97 Å². The fourth-order valence-corrected chi connectivity index (χ4v) is 4.04. The van der Waals surface area contributed by atoms with Gasteiger partial charge in [-0.3, -0.25) is 0 Å². The van der Waals surface area contributed by atoms with E-state index in [-0.39, 0.29) is 11.4 Å². The van der Waals surface area contributed by atoms with Gasteiger partial charge in [0.15, 0.2) is 17.2 Å². The number of methoxy groups -OCH3 is 1. The maximum absolute atomic E-state index is 14.3. The van der Waals surface area contributed by atoms with Crippen molar-refractivity contribution in [2.75, 3.05) is 7.11 Å². The summed E-state index contributed by atoms with van der Waals surface area (Å²) in [4.78, 5) is 7.22. The lowest BCUT2D eigenvalue weighted by Gasteiger charge is -2.32. The second-order valence-corrected chi connectivity index (χ2v) is 8.00. The van der Waals surface area contributed by atoms with Gasteiger partial charge in [-0.15, -0.1) is 0 Å². The zero-order chi connectivity index (χ0) is 21.0. The Morgan fingerprint density at radius 2 is 1.93 bits per heavy atom. The van der Waals surface area contributed by atoms with Crippen LogP contribution in [0.5, 0.6) is 5.75 Å². The third kappa shape index (κ3) is 3.17. The summed E-state index contributed by atoms with van der Waals surface area (Å²) in [5.41, 5.74) is -1.75. The number of H-pyrrole nitrogens is 1. The smallest absolute Gasteiger partial charge is 0.417 e. The Balaban J connectivity index is 2.21. The van der Waals surface area contributed by atoms with E-state index < -0.39 is 47.1 Å². The van der Waals surface area contributed by atoms with E-state index >= 15 is 0 Å². The molecule has 1 aromatic carbocycles. The molecule has 1 fully saturated rings. The Labute approximate surface area is 172 Å². The largest absolute Gasteiger partial charge is 0.493 e. The number of nitrogens with one attached hydrogen (secondary N) is 1. The Kier molecular flexibility index (Phi) is 5.41. The van der Waals surface area contributed by atoms with Crippen molar-refractivity contribution < 1.29 is 31.4 Å². The highest BCUT2D eigenvalue weighted by molar-refractivity contribution is 14.1. The Bertz CT molecular complexity index is 881. The van der Waals surface area contributed by atoms with Crippen molar-refractivity contribution >= 4 is 22.6 Å². The first-order chi connectivity index (χ1) is 12.9. The third-order valence-corrected chi connectivity index (χ3v) is 6.48. The van der Waals surface area contributed by atoms with Crippen LogP contribution >= 0.6 is 22.6 Å². The van der Waals surface area contributed by atoms with Crippen molar-refractivity contribution in [2.45, 2.75) is 44.6 Å². The Morgan fingerprint density at radius 1 is 1.29 bits per heavy atom. The molecule has 0 unspecified atom stereocenters. The van der Waals surface area contributed by atoms with Gasteiger partial charge in [0.25, 0.3) is 0 Å². The van der Waals surface area contributed by atoms with Crippen molar-refractivity contribution in [2.24, 2.45) is 5.92 Å². The molecule has 2 heterocycles. The van der Waals surface area contributed by atoms with E-state index in [0.29, 0.717) is 9.39 Å². The first-order valence-electron chi connectivity index (χ1n) is 8.40. The fraction of sp³-hybridized carbons (Fsp3) is 0.500. The molecule has 1 aromatic heterocycles. The normalized spacial score (nSPS) is 28.0. The summed E-state index contributed by atoms with van der Waals surface area (Å²) in [5, 5.41) is 0. The molecule has 0 amide bonds. The van der Waals surface area contributed by atoms with Crippen LogP contribution in [0.15, 0.2) is 12.1 Å². The van der Waals surface area contributed by atoms with Crippen LogP contribution in [-0.2, 0) is 4.74 Å². The van der Waals surface area contributed by atoms with E-state index in [9.17, 15) is 22.0 Å². The molecule has 2 aromatic rings. The van der Waals surface area contributed by atoms with Gasteiger partial charge < -0.3 is 14.5 Å². The molecule has 1 aliphatic heterocycles. The second kappa shape index (κ2) is 7.12. The van der Waals surface area contributed by atoms with Crippen LogP contribution in [0.2, 0.25) is 0 Å². The molecule has 0 bridgehead atoms. The monoisotopic (exact) mass is 516 g/mol. The maximum Gasteiger partial charge on any atom is 0.417 e. The van der Waals surface area contributed by atoms with Gasteiger partial charge in [0, 0.05) is 23.1 Å². The molecule has 0 radical (unpaired) electrons. The topological polar surface area (TPSA) is 47.1 Å². The summed E-state index contributed by atoms with van der Waals surface area (Å²) in [6.45, 7) is 4.06. The van der Waals surface area contributed by atoms with E-state index in [0.717, 1.165) is 20.1 Å². The average Bonchev–Trinajstić information content (AvgIpc) is 3.08.